The van der Waals surface area contributed by atoms with Crippen LogP contribution in [-0.2, 0) is 44.9 Å². The van der Waals surface area contributed by atoms with Gasteiger partial charge in [0.25, 0.3) is 0 Å². The van der Waals surface area contributed by atoms with E-state index < -0.39 is 23.9 Å². The van der Waals surface area contributed by atoms with E-state index in [9.17, 15) is 19.2 Å². The molecule has 4 atom stereocenters. The van der Waals surface area contributed by atoms with E-state index in [1.165, 1.54) is 152 Å². The molecule has 32 heteroatoms. The van der Waals surface area contributed by atoms with Gasteiger partial charge in [-0.3, -0.25) is 74.0 Å². The van der Waals surface area contributed by atoms with Gasteiger partial charge in [0, 0.05) is 206 Å². The summed E-state index contributed by atoms with van der Waals surface area (Å²) in [5.41, 5.74) is 17.8. The number of fused-ring (bicyclic) bond motifs is 4. The molecule has 4 saturated heterocycles. The van der Waals surface area contributed by atoms with Crippen molar-refractivity contribution >= 4 is 241 Å². The minimum atomic E-state index is -0.663. The summed E-state index contributed by atoms with van der Waals surface area (Å²) in [4.78, 5) is 92.4. The summed E-state index contributed by atoms with van der Waals surface area (Å²) in [6.45, 7) is 4.07. The van der Waals surface area contributed by atoms with Crippen molar-refractivity contribution in [2.75, 3.05) is 49.2 Å². The second-order valence-corrected chi connectivity index (χ2v) is 43.0. The van der Waals surface area contributed by atoms with Crippen LogP contribution < -0.4 is 4.99 Å². The molecule has 0 amide bonds. The molecule has 8 aliphatic heterocycles. The topological polar surface area (TPSA) is 303 Å². The van der Waals surface area contributed by atoms with E-state index in [1.807, 2.05) is 111 Å². The molecule has 0 aliphatic carbocycles. The Morgan fingerprint density at radius 3 is 0.836 bits per heavy atom. The molecule has 0 saturated carbocycles. The Kier molecular flexibility index (Phi) is 45.1. The Morgan fingerprint density at radius 1 is 0.345 bits per heavy atom. The van der Waals surface area contributed by atoms with Gasteiger partial charge in [-0.05, 0) is 226 Å². The van der Waals surface area contributed by atoms with Gasteiger partial charge >= 0.3 is 23.9 Å². The van der Waals surface area contributed by atoms with Crippen molar-refractivity contribution in [1.82, 2.24) is 39.9 Å². The van der Waals surface area contributed by atoms with Gasteiger partial charge in [-0.1, -0.05) is 136 Å². The second kappa shape index (κ2) is 54.8. The Bertz CT molecular complexity index is 3990. The molecule has 4 fully saturated rings. The van der Waals surface area contributed by atoms with Crippen LogP contribution in [0.15, 0.2) is 131 Å². The number of aliphatic carboxylic acids is 4. The molecule has 8 aromatic rings. The summed E-state index contributed by atoms with van der Waals surface area (Å²) in [5.74, 6) is 2.43. The molecule has 116 heavy (non-hydrogen) atoms. The quantitative estimate of drug-likeness (QED) is 0.0225. The number of aliphatic imine (C=N–C) groups is 3. The third-order valence-corrected chi connectivity index (χ3v) is 35.3. The largest absolute Gasteiger partial charge is 0.481 e. The lowest BCUT2D eigenvalue weighted by molar-refractivity contribution is -0.448. The number of aromatic nitrogens is 8. The zero-order chi connectivity index (χ0) is 81.9. The predicted octanol–water partition coefficient (Wildman–Crippen LogP) is 21.9. The fraction of sp³-hybridized carbons (Fsp3) is 0.524. The highest BCUT2D eigenvalue weighted by molar-refractivity contribution is 9.11. The third-order valence-electron chi connectivity index (χ3n) is 19.7. The lowest BCUT2D eigenvalue weighted by Crippen LogP contribution is -2.69. The number of hydrogen-bond acceptors (Lipinski definition) is 23. The van der Waals surface area contributed by atoms with Crippen molar-refractivity contribution in [2.45, 2.75) is 226 Å². The molecule has 12 heterocycles. The number of rotatable bonds is 28. The monoisotopic (exact) mass is 1980 g/mol. The Morgan fingerprint density at radius 2 is 0.612 bits per heavy atom. The number of nitrogens with zero attached hydrogens (tertiary/aromatic N) is 11. The summed E-state index contributed by atoms with van der Waals surface area (Å²) >= 11 is 14.5. The average Bonchev–Trinajstić information content (AvgIpc) is 1.21. The van der Waals surface area contributed by atoms with E-state index in [4.69, 9.17) is 20.4 Å². The SMILES string of the molecule is Brc1c(CC2=NCCC2)ccc2nccnc12.Brc1c(CC2=NCCC2)ccc2nccnc12.Brc1c(CC2=NCCC2)ccc2nccnc12.Brc1c(CC2=[NH+]CCC2)ccc2nccnc12.O=C(O)CCCC[C@@H]1CCSS1.O=C(O)CCCC[C@@H]1CCSS1.O=C(O)CCCC[C@H]1CCSS1.O=C(O)CCCC[C@H]1CCSS1. The fourth-order valence-electron chi connectivity index (χ4n) is 13.5. The first-order valence-electron chi connectivity index (χ1n) is 40.2. The first-order valence-corrected chi connectivity index (χ1v) is 52.9. The van der Waals surface area contributed by atoms with Crippen LogP contribution in [0.1, 0.15) is 202 Å². The Labute approximate surface area is 747 Å². The van der Waals surface area contributed by atoms with Gasteiger partial charge in [0.1, 0.15) is 28.6 Å². The van der Waals surface area contributed by atoms with Crippen molar-refractivity contribution in [3.63, 3.8) is 0 Å². The number of carboxylic acids is 4. The van der Waals surface area contributed by atoms with E-state index in [0.29, 0.717) is 25.7 Å². The summed E-state index contributed by atoms with van der Waals surface area (Å²) in [7, 11) is 15.7. The van der Waals surface area contributed by atoms with Gasteiger partial charge in [-0.2, -0.15) is 0 Å². The molecule has 4 aromatic carbocycles. The highest BCUT2D eigenvalue weighted by Crippen LogP contribution is 2.43. The van der Waals surface area contributed by atoms with Crippen LogP contribution in [0.4, 0.5) is 0 Å². The number of halogens is 4. The highest BCUT2D eigenvalue weighted by atomic mass is 79.9. The van der Waals surface area contributed by atoms with Gasteiger partial charge < -0.3 is 20.4 Å². The van der Waals surface area contributed by atoms with Crippen LogP contribution in [0.25, 0.3) is 44.1 Å². The maximum absolute atomic E-state index is 10.2. The minimum Gasteiger partial charge on any atom is -0.481 e. The standard InChI is InChI=1S/4C13H12BrN3.4C8H14O2S2/c4*14-12-9(8-10-2-1-5-15-10)3-4-11-13(12)17-7-6-16-11;4*9-8(10)4-2-1-3-7-5-6-11-12-7/h4*3-4,6-7H,1-2,5,8H2;4*7H,1-6H2,(H,9,10)/p+1/t;;;;4*7-/m....1100/s1. The molecule has 0 bridgehead atoms. The number of hydrogen-bond donors (Lipinski definition) is 5. The third kappa shape index (κ3) is 35.2. The molecular weight excluding hydrogens is 1880 g/mol. The highest BCUT2D eigenvalue weighted by Gasteiger charge is 2.22. The van der Waals surface area contributed by atoms with Crippen LogP contribution in [0.3, 0.4) is 0 Å². The summed E-state index contributed by atoms with van der Waals surface area (Å²) < 4.78 is 4.23. The summed E-state index contributed by atoms with van der Waals surface area (Å²) in [5, 5.41) is 36.8. The summed E-state index contributed by atoms with van der Waals surface area (Å²) in [6, 6.07) is 16.6. The van der Waals surface area contributed by atoms with Crippen LogP contribution >= 0.6 is 150 Å². The second-order valence-electron chi connectivity index (χ2n) is 28.7. The zero-order valence-electron chi connectivity index (χ0n) is 65.5. The van der Waals surface area contributed by atoms with Gasteiger partial charge in [0.15, 0.2) is 5.71 Å². The summed E-state index contributed by atoms with van der Waals surface area (Å²) in [6.07, 6.45) is 46.0. The van der Waals surface area contributed by atoms with Crippen molar-refractivity contribution in [3.8, 4) is 0 Å². The number of nitrogens with one attached hydrogen (secondary N) is 1. The van der Waals surface area contributed by atoms with Gasteiger partial charge in [-0.25, -0.2) is 4.99 Å². The smallest absolute Gasteiger partial charge is 0.303 e. The fourth-order valence-corrected chi connectivity index (χ4v) is 27.9. The molecule has 16 rings (SSSR count). The zero-order valence-corrected chi connectivity index (χ0v) is 78.3. The Balaban J connectivity index is 0.000000152. The number of carboxylic acid groups (broad SMARTS) is 4. The van der Waals surface area contributed by atoms with Gasteiger partial charge in [0.05, 0.1) is 28.5 Å². The first-order chi connectivity index (χ1) is 56.5. The maximum atomic E-state index is 10.2. The molecule has 5 N–H and O–H groups in total. The predicted molar refractivity (Wildman–Crippen MR) is 507 cm³/mol. The van der Waals surface area contributed by atoms with Crippen molar-refractivity contribution in [2.24, 2.45) is 15.0 Å². The minimum absolute atomic E-state index is 0.338. The number of carbonyl (C=O) groups is 4. The number of unbranched alkanes of at least 4 members (excludes halogenated alkanes) is 4. The lowest BCUT2D eigenvalue weighted by atomic mass is 10.1. The molecule has 0 unspecified atom stereocenters. The van der Waals surface area contributed by atoms with Crippen LogP contribution in [0, 0.1) is 0 Å². The molecule has 0 radical (unpaired) electrons. The molecular formula is C84H105Br4N12O8S8+. The van der Waals surface area contributed by atoms with Crippen molar-refractivity contribution < 1.29 is 44.6 Å². The molecule has 4 aromatic heterocycles. The number of benzene rings is 4. The van der Waals surface area contributed by atoms with E-state index in [1.54, 1.807) is 49.6 Å². The van der Waals surface area contributed by atoms with E-state index in [-0.39, 0.29) is 0 Å². The average molecular weight is 1990 g/mol. The van der Waals surface area contributed by atoms with Crippen LogP contribution in [0.5, 0.6) is 0 Å². The molecule has 20 nitrogen and oxygen atoms in total. The van der Waals surface area contributed by atoms with Crippen molar-refractivity contribution in [1.29, 1.82) is 0 Å². The lowest BCUT2D eigenvalue weighted by Gasteiger charge is -2.06. The maximum Gasteiger partial charge on any atom is 0.303 e. The normalized spacial score (nSPS) is 18.4. The van der Waals surface area contributed by atoms with E-state index in [0.717, 1.165) is 206 Å². The van der Waals surface area contributed by atoms with Crippen molar-refractivity contribution in [3.05, 3.63) is 138 Å². The van der Waals surface area contributed by atoms with Gasteiger partial charge in [0.2, 0.25) is 0 Å². The molecule has 0 spiro atoms. The van der Waals surface area contributed by atoms with E-state index in [2.05, 4.69) is 148 Å². The van der Waals surface area contributed by atoms with Gasteiger partial charge in [-0.15, -0.1) is 0 Å². The van der Waals surface area contributed by atoms with Crippen LogP contribution in [-0.4, -0.2) is 177 Å². The molecule has 624 valence electrons. The first kappa shape index (κ1) is 95.4. The van der Waals surface area contributed by atoms with E-state index >= 15 is 0 Å². The molecule has 8 aliphatic rings. The van der Waals surface area contributed by atoms with Crippen LogP contribution in [0.2, 0.25) is 0 Å². The Hall–Kier alpha value is -4.48.